The van der Waals surface area contributed by atoms with Gasteiger partial charge < -0.3 is 10.2 Å². The van der Waals surface area contributed by atoms with Crippen LogP contribution < -0.4 is 5.32 Å². The zero-order chi connectivity index (χ0) is 19.3. The van der Waals surface area contributed by atoms with E-state index in [1.165, 1.54) is 0 Å². The molecule has 1 N–H and O–H groups in total. The van der Waals surface area contributed by atoms with Gasteiger partial charge in [-0.2, -0.15) is 0 Å². The summed E-state index contributed by atoms with van der Waals surface area (Å²) in [5.74, 6) is -0.562. The SMILES string of the molecule is CC[C@@H](C)N(C(=O)c1csnn1)[C@H](C(=O)NC(C)(C)C)c1cccnc1. The van der Waals surface area contributed by atoms with Crippen molar-refractivity contribution in [1.29, 1.82) is 0 Å². The van der Waals surface area contributed by atoms with Crippen LogP contribution in [0, 0.1) is 0 Å². The van der Waals surface area contributed by atoms with Crippen LogP contribution >= 0.6 is 11.5 Å². The van der Waals surface area contributed by atoms with Crippen LogP contribution in [0.15, 0.2) is 29.9 Å². The second-order valence-corrected chi connectivity index (χ2v) is 7.80. The number of aromatic nitrogens is 3. The lowest BCUT2D eigenvalue weighted by molar-refractivity contribution is -0.128. The monoisotopic (exact) mass is 375 g/mol. The molecule has 2 aromatic heterocycles. The maximum atomic E-state index is 13.1. The third kappa shape index (κ3) is 4.85. The van der Waals surface area contributed by atoms with Crippen molar-refractivity contribution in [3.8, 4) is 0 Å². The van der Waals surface area contributed by atoms with E-state index in [1.807, 2.05) is 40.7 Å². The summed E-state index contributed by atoms with van der Waals surface area (Å²) in [6.07, 6.45) is 3.96. The third-order valence-electron chi connectivity index (χ3n) is 3.90. The predicted octanol–water partition coefficient (Wildman–Crippen LogP) is 2.83. The van der Waals surface area contributed by atoms with Crippen LogP contribution in [0.4, 0.5) is 0 Å². The Morgan fingerprint density at radius 2 is 2.08 bits per heavy atom. The molecule has 0 aromatic carbocycles. The molecule has 0 bridgehead atoms. The van der Waals surface area contributed by atoms with Crippen molar-refractivity contribution in [3.05, 3.63) is 41.2 Å². The molecule has 0 aliphatic rings. The number of amides is 2. The van der Waals surface area contributed by atoms with Crippen molar-refractivity contribution in [2.75, 3.05) is 0 Å². The Kier molecular flexibility index (Phi) is 6.42. The number of nitrogens with zero attached hydrogens (tertiary/aromatic N) is 4. The summed E-state index contributed by atoms with van der Waals surface area (Å²) in [5.41, 5.74) is 0.475. The molecular formula is C18H25N5O2S. The van der Waals surface area contributed by atoms with E-state index in [2.05, 4.69) is 19.9 Å². The number of carbonyl (C=O) groups is 2. The fraction of sp³-hybridized carbons (Fsp3) is 0.500. The second-order valence-electron chi connectivity index (χ2n) is 7.19. The first kappa shape index (κ1) is 20.0. The molecule has 0 saturated carbocycles. The number of hydrogen-bond donors (Lipinski definition) is 1. The highest BCUT2D eigenvalue weighted by Crippen LogP contribution is 2.27. The molecule has 0 saturated heterocycles. The van der Waals surface area contributed by atoms with Gasteiger partial charge >= 0.3 is 0 Å². The minimum absolute atomic E-state index is 0.167. The second kappa shape index (κ2) is 8.35. The number of rotatable bonds is 6. The Morgan fingerprint density at radius 1 is 1.35 bits per heavy atom. The Balaban J connectivity index is 2.51. The molecule has 8 heteroatoms. The summed E-state index contributed by atoms with van der Waals surface area (Å²) < 4.78 is 3.78. The van der Waals surface area contributed by atoms with Crippen LogP contribution in [0.3, 0.4) is 0 Å². The third-order valence-corrected chi connectivity index (χ3v) is 4.41. The number of nitrogens with one attached hydrogen (secondary N) is 1. The van der Waals surface area contributed by atoms with Gasteiger partial charge in [-0.05, 0) is 51.7 Å². The zero-order valence-electron chi connectivity index (χ0n) is 15.8. The molecule has 2 amide bonds. The average Bonchev–Trinajstić information content (AvgIpc) is 3.12. The first-order chi connectivity index (χ1) is 12.2. The van der Waals surface area contributed by atoms with E-state index in [0.717, 1.165) is 11.5 Å². The molecule has 2 rings (SSSR count). The fourth-order valence-electron chi connectivity index (χ4n) is 2.57. The molecule has 0 radical (unpaired) electrons. The number of hydrogen-bond acceptors (Lipinski definition) is 6. The predicted molar refractivity (Wildman–Crippen MR) is 101 cm³/mol. The van der Waals surface area contributed by atoms with Gasteiger partial charge in [-0.3, -0.25) is 14.6 Å². The van der Waals surface area contributed by atoms with E-state index < -0.39 is 11.6 Å². The fourth-order valence-corrected chi connectivity index (χ4v) is 3.00. The van der Waals surface area contributed by atoms with Crippen LogP contribution in [0.2, 0.25) is 0 Å². The molecular weight excluding hydrogens is 350 g/mol. The Hall–Kier alpha value is -2.35. The summed E-state index contributed by atoms with van der Waals surface area (Å²) in [6, 6.07) is 2.60. The van der Waals surface area contributed by atoms with Crippen molar-refractivity contribution < 1.29 is 9.59 Å². The molecule has 26 heavy (non-hydrogen) atoms. The van der Waals surface area contributed by atoms with Gasteiger partial charge in [-0.15, -0.1) is 5.10 Å². The van der Waals surface area contributed by atoms with Gasteiger partial charge in [0.15, 0.2) is 5.69 Å². The largest absolute Gasteiger partial charge is 0.349 e. The van der Waals surface area contributed by atoms with Gasteiger partial charge in [-0.1, -0.05) is 17.5 Å². The van der Waals surface area contributed by atoms with E-state index in [0.29, 0.717) is 12.0 Å². The van der Waals surface area contributed by atoms with Gasteiger partial charge in [0.2, 0.25) is 5.91 Å². The smallest absolute Gasteiger partial charge is 0.276 e. The Morgan fingerprint density at radius 3 is 2.58 bits per heavy atom. The molecule has 0 aliphatic carbocycles. The quantitative estimate of drug-likeness (QED) is 0.839. The van der Waals surface area contributed by atoms with Crippen molar-refractivity contribution >= 4 is 23.3 Å². The molecule has 0 aliphatic heterocycles. The molecule has 2 atom stereocenters. The minimum Gasteiger partial charge on any atom is -0.349 e. The van der Waals surface area contributed by atoms with E-state index in [-0.39, 0.29) is 23.6 Å². The summed E-state index contributed by atoms with van der Waals surface area (Å²) in [7, 11) is 0. The normalized spacial score (nSPS) is 13.7. The summed E-state index contributed by atoms with van der Waals surface area (Å²) in [5, 5.41) is 8.47. The van der Waals surface area contributed by atoms with Crippen molar-refractivity contribution in [3.63, 3.8) is 0 Å². The summed E-state index contributed by atoms with van der Waals surface area (Å²) in [4.78, 5) is 32.0. The van der Waals surface area contributed by atoms with Gasteiger partial charge in [0, 0.05) is 34.9 Å². The maximum Gasteiger partial charge on any atom is 0.276 e. The van der Waals surface area contributed by atoms with Crippen molar-refractivity contribution in [1.82, 2.24) is 24.8 Å². The highest BCUT2D eigenvalue weighted by atomic mass is 32.1. The molecule has 2 aromatic rings. The standard InChI is InChI=1S/C18H25N5O2S/c1-6-12(2)23(17(25)14-11-26-22-21-14)15(13-8-7-9-19-10-13)16(24)20-18(3,4)5/h7-12,15H,6H2,1-5H3,(H,20,24)/t12-,15+/m1/s1. The van der Waals surface area contributed by atoms with Gasteiger partial charge in [0.05, 0.1) is 0 Å². The van der Waals surface area contributed by atoms with E-state index in [9.17, 15) is 9.59 Å². The van der Waals surface area contributed by atoms with Gasteiger partial charge in [-0.25, -0.2) is 0 Å². The number of pyridine rings is 1. The van der Waals surface area contributed by atoms with Crippen LogP contribution in [-0.4, -0.2) is 42.9 Å². The molecule has 2 heterocycles. The lowest BCUT2D eigenvalue weighted by Gasteiger charge is -2.36. The first-order valence-electron chi connectivity index (χ1n) is 8.56. The highest BCUT2D eigenvalue weighted by Gasteiger charge is 2.36. The Labute approximate surface area is 158 Å². The minimum atomic E-state index is -0.799. The summed E-state index contributed by atoms with van der Waals surface area (Å²) in [6.45, 7) is 9.62. The van der Waals surface area contributed by atoms with Crippen LogP contribution in [0.25, 0.3) is 0 Å². The van der Waals surface area contributed by atoms with Crippen molar-refractivity contribution in [2.45, 2.75) is 58.7 Å². The van der Waals surface area contributed by atoms with Crippen LogP contribution in [0.1, 0.15) is 63.1 Å². The van der Waals surface area contributed by atoms with Crippen LogP contribution in [-0.2, 0) is 4.79 Å². The van der Waals surface area contributed by atoms with E-state index >= 15 is 0 Å². The van der Waals surface area contributed by atoms with Crippen LogP contribution in [0.5, 0.6) is 0 Å². The molecule has 140 valence electrons. The molecule has 0 fully saturated rings. The highest BCUT2D eigenvalue weighted by molar-refractivity contribution is 7.03. The molecule has 0 spiro atoms. The first-order valence-corrected chi connectivity index (χ1v) is 9.40. The number of carbonyl (C=O) groups excluding carboxylic acids is 2. The maximum absolute atomic E-state index is 13.1. The lowest BCUT2D eigenvalue weighted by atomic mass is 10.0. The zero-order valence-corrected chi connectivity index (χ0v) is 16.6. The Bertz CT molecular complexity index is 728. The molecule has 0 unspecified atom stereocenters. The topological polar surface area (TPSA) is 88.1 Å². The van der Waals surface area contributed by atoms with E-state index in [4.69, 9.17) is 0 Å². The molecule has 7 nitrogen and oxygen atoms in total. The average molecular weight is 375 g/mol. The van der Waals surface area contributed by atoms with Gasteiger partial charge in [0.1, 0.15) is 6.04 Å². The lowest BCUT2D eigenvalue weighted by Crippen LogP contribution is -2.51. The van der Waals surface area contributed by atoms with Crippen molar-refractivity contribution in [2.24, 2.45) is 0 Å². The summed E-state index contributed by atoms with van der Waals surface area (Å²) >= 11 is 1.11. The van der Waals surface area contributed by atoms with Gasteiger partial charge in [0.25, 0.3) is 5.91 Å². The van der Waals surface area contributed by atoms with E-state index in [1.54, 1.807) is 28.7 Å².